The van der Waals surface area contributed by atoms with Gasteiger partial charge in [-0.15, -0.1) is 6.42 Å². The van der Waals surface area contributed by atoms with Crippen LogP contribution in [-0.2, 0) is 6.42 Å². The highest BCUT2D eigenvalue weighted by Gasteiger charge is 2.15. The van der Waals surface area contributed by atoms with E-state index in [1.165, 1.54) is 16.3 Å². The first-order valence-corrected chi connectivity index (χ1v) is 5.78. The number of aryl methyl sites for hydroxylation is 1. The quantitative estimate of drug-likeness (QED) is 0.794. The molecule has 1 nitrogen and oxygen atoms in total. The first kappa shape index (κ1) is 11.7. The van der Waals surface area contributed by atoms with Crippen molar-refractivity contribution in [2.75, 3.05) is 0 Å². The lowest BCUT2D eigenvalue weighted by Crippen LogP contribution is -2.21. The number of rotatable bonds is 3. The van der Waals surface area contributed by atoms with Gasteiger partial charge in [-0.2, -0.15) is 0 Å². The number of aliphatic hydroxyl groups is 1. The SMILES string of the molecule is C#C[C@](C)(O)CCc1ccc2ccccc2c1. The zero-order valence-electron chi connectivity index (χ0n) is 9.98. The van der Waals surface area contributed by atoms with Crippen LogP contribution in [0.5, 0.6) is 0 Å². The number of benzene rings is 2. The normalized spacial score (nSPS) is 14.2. The highest BCUT2D eigenvalue weighted by Crippen LogP contribution is 2.18. The third-order valence-electron chi connectivity index (χ3n) is 3.03. The number of hydrogen-bond donors (Lipinski definition) is 1. The van der Waals surface area contributed by atoms with E-state index in [0.29, 0.717) is 6.42 Å². The second kappa shape index (κ2) is 4.61. The summed E-state index contributed by atoms with van der Waals surface area (Å²) < 4.78 is 0. The summed E-state index contributed by atoms with van der Waals surface area (Å²) in [6, 6.07) is 14.6. The van der Waals surface area contributed by atoms with Crippen molar-refractivity contribution >= 4 is 10.8 Å². The number of fused-ring (bicyclic) bond motifs is 1. The summed E-state index contributed by atoms with van der Waals surface area (Å²) in [4.78, 5) is 0. The van der Waals surface area contributed by atoms with Crippen molar-refractivity contribution in [3.63, 3.8) is 0 Å². The van der Waals surface area contributed by atoms with E-state index in [9.17, 15) is 5.11 Å². The van der Waals surface area contributed by atoms with Crippen molar-refractivity contribution in [1.29, 1.82) is 0 Å². The Bertz CT molecular complexity index is 561. The molecule has 0 saturated carbocycles. The van der Waals surface area contributed by atoms with Gasteiger partial charge < -0.3 is 5.11 Å². The second-order valence-corrected chi connectivity index (χ2v) is 4.60. The molecule has 0 aromatic heterocycles. The van der Waals surface area contributed by atoms with E-state index in [2.05, 4.69) is 36.3 Å². The maximum atomic E-state index is 9.76. The summed E-state index contributed by atoms with van der Waals surface area (Å²) in [7, 11) is 0. The molecule has 0 bridgehead atoms. The van der Waals surface area contributed by atoms with Gasteiger partial charge in [-0.25, -0.2) is 0 Å². The summed E-state index contributed by atoms with van der Waals surface area (Å²) >= 11 is 0. The van der Waals surface area contributed by atoms with E-state index in [1.807, 2.05) is 12.1 Å². The fraction of sp³-hybridized carbons (Fsp3) is 0.250. The van der Waals surface area contributed by atoms with Crippen LogP contribution in [0.2, 0.25) is 0 Å². The molecule has 17 heavy (non-hydrogen) atoms. The van der Waals surface area contributed by atoms with Gasteiger partial charge >= 0.3 is 0 Å². The van der Waals surface area contributed by atoms with Crippen LogP contribution in [0.3, 0.4) is 0 Å². The Balaban J connectivity index is 2.18. The molecular formula is C16H16O. The molecule has 2 aromatic carbocycles. The predicted molar refractivity (Wildman–Crippen MR) is 71.7 cm³/mol. The van der Waals surface area contributed by atoms with Crippen molar-refractivity contribution in [3.05, 3.63) is 48.0 Å². The Morgan fingerprint density at radius 3 is 2.59 bits per heavy atom. The lowest BCUT2D eigenvalue weighted by atomic mass is 9.96. The van der Waals surface area contributed by atoms with Gasteiger partial charge in [-0.3, -0.25) is 0 Å². The van der Waals surface area contributed by atoms with Crippen LogP contribution in [0.25, 0.3) is 10.8 Å². The molecule has 0 saturated heterocycles. The molecule has 1 atom stereocenters. The highest BCUT2D eigenvalue weighted by atomic mass is 16.3. The van der Waals surface area contributed by atoms with Crippen molar-refractivity contribution in [2.45, 2.75) is 25.4 Å². The summed E-state index contributed by atoms with van der Waals surface area (Å²) in [5.41, 5.74) is 0.199. The first-order chi connectivity index (χ1) is 8.11. The molecule has 2 rings (SSSR count). The fourth-order valence-corrected chi connectivity index (χ4v) is 1.85. The predicted octanol–water partition coefficient (Wildman–Crippen LogP) is 3.16. The topological polar surface area (TPSA) is 20.2 Å². The van der Waals surface area contributed by atoms with Crippen LogP contribution in [0, 0.1) is 12.3 Å². The average molecular weight is 224 g/mol. The van der Waals surface area contributed by atoms with Crippen molar-refractivity contribution < 1.29 is 5.11 Å². The van der Waals surface area contributed by atoms with Gasteiger partial charge in [0, 0.05) is 0 Å². The maximum absolute atomic E-state index is 9.76. The Morgan fingerprint density at radius 2 is 1.88 bits per heavy atom. The zero-order valence-corrected chi connectivity index (χ0v) is 9.98. The molecule has 0 amide bonds. The van der Waals surface area contributed by atoms with Crippen LogP contribution < -0.4 is 0 Å². The smallest absolute Gasteiger partial charge is 0.122 e. The van der Waals surface area contributed by atoms with Gasteiger partial charge in [-0.1, -0.05) is 48.4 Å². The summed E-state index contributed by atoms with van der Waals surface area (Å²) in [5, 5.41) is 12.2. The van der Waals surface area contributed by atoms with Gasteiger partial charge in [0.1, 0.15) is 5.60 Å². The van der Waals surface area contributed by atoms with Gasteiger partial charge in [0.25, 0.3) is 0 Å². The lowest BCUT2D eigenvalue weighted by molar-refractivity contribution is 0.113. The molecule has 1 heteroatoms. The Labute approximate surface area is 102 Å². The van der Waals surface area contributed by atoms with Crippen LogP contribution >= 0.6 is 0 Å². The van der Waals surface area contributed by atoms with Gasteiger partial charge in [0.2, 0.25) is 0 Å². The minimum Gasteiger partial charge on any atom is -0.378 e. The van der Waals surface area contributed by atoms with Crippen LogP contribution in [0.1, 0.15) is 18.9 Å². The standard InChI is InChI=1S/C16H16O/c1-3-16(2,17)11-10-13-8-9-14-6-4-5-7-15(14)12-13/h1,4-9,12,17H,10-11H2,2H3/t16-/m0/s1. The molecule has 0 heterocycles. The summed E-state index contributed by atoms with van der Waals surface area (Å²) in [6.07, 6.45) is 6.64. The fourth-order valence-electron chi connectivity index (χ4n) is 1.85. The Hall–Kier alpha value is -1.78. The molecule has 0 fully saturated rings. The molecule has 0 radical (unpaired) electrons. The minimum atomic E-state index is -1.01. The van der Waals surface area contributed by atoms with Crippen molar-refractivity contribution in [1.82, 2.24) is 0 Å². The maximum Gasteiger partial charge on any atom is 0.122 e. The molecule has 0 unspecified atom stereocenters. The average Bonchev–Trinajstić information content (AvgIpc) is 2.36. The highest BCUT2D eigenvalue weighted by molar-refractivity contribution is 5.82. The largest absolute Gasteiger partial charge is 0.378 e. The third-order valence-corrected chi connectivity index (χ3v) is 3.03. The molecule has 0 spiro atoms. The van der Waals surface area contributed by atoms with Gasteiger partial charge in [-0.05, 0) is 36.1 Å². The molecule has 0 aliphatic rings. The van der Waals surface area contributed by atoms with Crippen LogP contribution in [0.15, 0.2) is 42.5 Å². The van der Waals surface area contributed by atoms with E-state index in [-0.39, 0.29) is 0 Å². The number of hydrogen-bond acceptors (Lipinski definition) is 1. The number of terminal acetylenes is 1. The summed E-state index contributed by atoms with van der Waals surface area (Å²) in [6.45, 7) is 1.67. The minimum absolute atomic E-state index is 0.585. The molecular weight excluding hydrogens is 208 g/mol. The third kappa shape index (κ3) is 2.87. The Morgan fingerprint density at radius 1 is 1.18 bits per heavy atom. The van der Waals surface area contributed by atoms with E-state index in [0.717, 1.165) is 6.42 Å². The summed E-state index contributed by atoms with van der Waals surface area (Å²) in [5.74, 6) is 2.40. The first-order valence-electron chi connectivity index (χ1n) is 5.78. The molecule has 0 aliphatic heterocycles. The second-order valence-electron chi connectivity index (χ2n) is 4.60. The van der Waals surface area contributed by atoms with E-state index >= 15 is 0 Å². The van der Waals surface area contributed by atoms with Crippen molar-refractivity contribution in [3.8, 4) is 12.3 Å². The molecule has 1 N–H and O–H groups in total. The Kier molecular flexibility index (Phi) is 3.17. The monoisotopic (exact) mass is 224 g/mol. The van der Waals surface area contributed by atoms with Gasteiger partial charge in [0.15, 0.2) is 0 Å². The van der Waals surface area contributed by atoms with Crippen LogP contribution in [0.4, 0.5) is 0 Å². The molecule has 0 aliphatic carbocycles. The zero-order chi connectivity index (χ0) is 12.3. The van der Waals surface area contributed by atoms with Crippen LogP contribution in [-0.4, -0.2) is 10.7 Å². The van der Waals surface area contributed by atoms with E-state index < -0.39 is 5.60 Å². The van der Waals surface area contributed by atoms with E-state index in [4.69, 9.17) is 6.42 Å². The lowest BCUT2D eigenvalue weighted by Gasteiger charge is -2.15. The van der Waals surface area contributed by atoms with E-state index in [1.54, 1.807) is 6.92 Å². The molecule has 86 valence electrons. The van der Waals surface area contributed by atoms with Gasteiger partial charge in [0.05, 0.1) is 0 Å². The molecule has 2 aromatic rings. The van der Waals surface area contributed by atoms with Crippen molar-refractivity contribution in [2.24, 2.45) is 0 Å².